The second-order valence-electron chi connectivity index (χ2n) is 5.36. The lowest BCUT2D eigenvalue weighted by molar-refractivity contribution is 0.0937. The van der Waals surface area contributed by atoms with Crippen LogP contribution in [0.15, 0.2) is 22.7 Å². The SMILES string of the molecule is CC(C)C1(CNC(=O)c2cc(Br)ccc2O)CC1. The zero-order valence-electron chi connectivity index (χ0n) is 10.7. The summed E-state index contributed by atoms with van der Waals surface area (Å²) in [6, 6.07) is 4.87. The smallest absolute Gasteiger partial charge is 0.255 e. The zero-order chi connectivity index (χ0) is 13.3. The average molecular weight is 312 g/mol. The molecule has 0 bridgehead atoms. The molecule has 0 heterocycles. The molecule has 0 spiro atoms. The molecule has 2 N–H and O–H groups in total. The fraction of sp³-hybridized carbons (Fsp3) is 0.500. The average Bonchev–Trinajstić information content (AvgIpc) is 3.10. The van der Waals surface area contributed by atoms with Crippen molar-refractivity contribution in [2.45, 2.75) is 26.7 Å². The number of phenols is 1. The Hall–Kier alpha value is -1.03. The summed E-state index contributed by atoms with van der Waals surface area (Å²) in [5, 5.41) is 12.6. The first kappa shape index (κ1) is 13.4. The second kappa shape index (κ2) is 4.92. The van der Waals surface area contributed by atoms with E-state index in [9.17, 15) is 9.90 Å². The number of rotatable bonds is 4. The molecule has 1 aliphatic rings. The monoisotopic (exact) mass is 311 g/mol. The number of carbonyl (C=O) groups excluding carboxylic acids is 1. The molecule has 2 rings (SSSR count). The molecule has 1 aromatic rings. The third kappa shape index (κ3) is 2.69. The maximum Gasteiger partial charge on any atom is 0.255 e. The number of benzene rings is 1. The summed E-state index contributed by atoms with van der Waals surface area (Å²) in [5.74, 6) is 0.389. The predicted octanol–water partition coefficient (Wildman–Crippen LogP) is 3.32. The lowest BCUT2D eigenvalue weighted by atomic mass is 9.92. The quantitative estimate of drug-likeness (QED) is 0.896. The van der Waals surface area contributed by atoms with Crippen molar-refractivity contribution in [3.63, 3.8) is 0 Å². The van der Waals surface area contributed by atoms with E-state index in [1.807, 2.05) is 0 Å². The van der Waals surface area contributed by atoms with Crippen molar-refractivity contribution >= 4 is 21.8 Å². The second-order valence-corrected chi connectivity index (χ2v) is 6.28. The minimum absolute atomic E-state index is 0.0186. The lowest BCUT2D eigenvalue weighted by Gasteiger charge is -2.20. The summed E-state index contributed by atoms with van der Waals surface area (Å²) in [6.45, 7) is 5.07. The van der Waals surface area contributed by atoms with E-state index in [1.165, 1.54) is 18.9 Å². The molecule has 1 fully saturated rings. The van der Waals surface area contributed by atoms with Gasteiger partial charge in [-0.05, 0) is 42.4 Å². The van der Waals surface area contributed by atoms with Crippen LogP contribution in [-0.4, -0.2) is 17.6 Å². The number of nitrogens with one attached hydrogen (secondary N) is 1. The first-order valence-corrected chi connectivity index (χ1v) is 7.01. The van der Waals surface area contributed by atoms with Crippen molar-refractivity contribution in [2.75, 3.05) is 6.54 Å². The molecule has 0 atom stereocenters. The molecule has 18 heavy (non-hydrogen) atoms. The van der Waals surface area contributed by atoms with Gasteiger partial charge in [0.05, 0.1) is 5.56 Å². The van der Waals surface area contributed by atoms with E-state index in [1.54, 1.807) is 12.1 Å². The van der Waals surface area contributed by atoms with Crippen molar-refractivity contribution in [1.82, 2.24) is 5.32 Å². The Bertz CT molecular complexity index is 467. The largest absolute Gasteiger partial charge is 0.507 e. The molecule has 98 valence electrons. The molecule has 1 amide bonds. The molecule has 0 radical (unpaired) electrons. The van der Waals surface area contributed by atoms with Gasteiger partial charge in [0.2, 0.25) is 0 Å². The van der Waals surface area contributed by atoms with Crippen LogP contribution in [0.5, 0.6) is 5.75 Å². The highest BCUT2D eigenvalue weighted by Crippen LogP contribution is 2.51. The summed E-state index contributed by atoms with van der Waals surface area (Å²) in [5.41, 5.74) is 0.598. The molecule has 1 aromatic carbocycles. The molecule has 1 saturated carbocycles. The van der Waals surface area contributed by atoms with E-state index < -0.39 is 0 Å². The number of amides is 1. The zero-order valence-corrected chi connectivity index (χ0v) is 12.3. The minimum Gasteiger partial charge on any atom is -0.507 e. The van der Waals surface area contributed by atoms with Crippen LogP contribution in [0.1, 0.15) is 37.0 Å². The Labute approximate surface area is 116 Å². The van der Waals surface area contributed by atoms with Crippen LogP contribution in [0.2, 0.25) is 0 Å². The molecule has 0 unspecified atom stereocenters. The van der Waals surface area contributed by atoms with E-state index >= 15 is 0 Å². The van der Waals surface area contributed by atoms with Crippen LogP contribution < -0.4 is 5.32 Å². The van der Waals surface area contributed by atoms with Crippen LogP contribution in [-0.2, 0) is 0 Å². The first-order valence-electron chi connectivity index (χ1n) is 6.21. The highest BCUT2D eigenvalue weighted by Gasteiger charge is 2.45. The van der Waals surface area contributed by atoms with Gasteiger partial charge in [0, 0.05) is 11.0 Å². The number of carbonyl (C=O) groups is 1. The van der Waals surface area contributed by atoms with Crippen molar-refractivity contribution in [3.8, 4) is 5.75 Å². The Kier molecular flexibility index (Phi) is 3.66. The molecule has 3 nitrogen and oxygen atoms in total. The van der Waals surface area contributed by atoms with Crippen LogP contribution in [0, 0.1) is 11.3 Å². The van der Waals surface area contributed by atoms with Gasteiger partial charge in [-0.2, -0.15) is 0 Å². The van der Waals surface area contributed by atoms with E-state index in [0.717, 1.165) is 4.47 Å². The Morgan fingerprint density at radius 1 is 1.50 bits per heavy atom. The van der Waals surface area contributed by atoms with Crippen LogP contribution in [0.25, 0.3) is 0 Å². The third-order valence-corrected chi connectivity index (χ3v) is 4.41. The fourth-order valence-electron chi connectivity index (χ4n) is 2.16. The van der Waals surface area contributed by atoms with E-state index in [2.05, 4.69) is 35.1 Å². The summed E-state index contributed by atoms with van der Waals surface area (Å²) in [6.07, 6.45) is 2.35. The van der Waals surface area contributed by atoms with Crippen molar-refractivity contribution in [2.24, 2.45) is 11.3 Å². The Morgan fingerprint density at radius 2 is 2.17 bits per heavy atom. The summed E-state index contributed by atoms with van der Waals surface area (Å²) in [7, 11) is 0. The van der Waals surface area contributed by atoms with E-state index in [4.69, 9.17) is 0 Å². The van der Waals surface area contributed by atoms with Crippen LogP contribution in [0.3, 0.4) is 0 Å². The van der Waals surface area contributed by atoms with Gasteiger partial charge in [-0.15, -0.1) is 0 Å². The Balaban J connectivity index is 2.02. The highest BCUT2D eigenvalue weighted by molar-refractivity contribution is 9.10. The number of halogens is 1. The molecule has 4 heteroatoms. The first-order chi connectivity index (χ1) is 8.44. The van der Waals surface area contributed by atoms with Crippen LogP contribution in [0.4, 0.5) is 0 Å². The number of hydrogen-bond acceptors (Lipinski definition) is 2. The van der Waals surface area contributed by atoms with E-state index in [0.29, 0.717) is 18.0 Å². The third-order valence-electron chi connectivity index (χ3n) is 3.92. The minimum atomic E-state index is -0.208. The maximum atomic E-state index is 12.0. The highest BCUT2D eigenvalue weighted by atomic mass is 79.9. The predicted molar refractivity (Wildman–Crippen MR) is 74.6 cm³/mol. The van der Waals surface area contributed by atoms with Gasteiger partial charge in [-0.1, -0.05) is 29.8 Å². The lowest BCUT2D eigenvalue weighted by Crippen LogP contribution is -2.32. The van der Waals surface area contributed by atoms with Crippen molar-refractivity contribution in [3.05, 3.63) is 28.2 Å². The molecular formula is C14H18BrNO2. The van der Waals surface area contributed by atoms with Gasteiger partial charge in [0.1, 0.15) is 5.75 Å². The van der Waals surface area contributed by atoms with Gasteiger partial charge >= 0.3 is 0 Å². The number of aromatic hydroxyl groups is 1. The Morgan fingerprint density at radius 3 is 2.72 bits per heavy atom. The standard InChI is InChI=1S/C14H18BrNO2/c1-9(2)14(5-6-14)8-16-13(18)11-7-10(15)3-4-12(11)17/h3-4,7,9,17H,5-6,8H2,1-2H3,(H,16,18). The molecule has 0 aromatic heterocycles. The van der Waals surface area contributed by atoms with Gasteiger partial charge in [0.25, 0.3) is 5.91 Å². The molecular weight excluding hydrogens is 294 g/mol. The summed E-state index contributed by atoms with van der Waals surface area (Å²) < 4.78 is 0.787. The summed E-state index contributed by atoms with van der Waals surface area (Å²) in [4.78, 5) is 12.0. The van der Waals surface area contributed by atoms with Crippen LogP contribution >= 0.6 is 15.9 Å². The number of hydrogen-bond donors (Lipinski definition) is 2. The molecule has 1 aliphatic carbocycles. The fourth-order valence-corrected chi connectivity index (χ4v) is 2.52. The van der Waals surface area contributed by atoms with E-state index in [-0.39, 0.29) is 17.1 Å². The number of phenolic OH excluding ortho intramolecular Hbond substituents is 1. The maximum absolute atomic E-state index is 12.0. The van der Waals surface area contributed by atoms with Crippen molar-refractivity contribution in [1.29, 1.82) is 0 Å². The topological polar surface area (TPSA) is 49.3 Å². The van der Waals surface area contributed by atoms with Gasteiger partial charge in [0.15, 0.2) is 0 Å². The van der Waals surface area contributed by atoms with Gasteiger partial charge < -0.3 is 10.4 Å². The summed E-state index contributed by atoms with van der Waals surface area (Å²) >= 11 is 3.30. The van der Waals surface area contributed by atoms with Gasteiger partial charge in [-0.3, -0.25) is 4.79 Å². The molecule has 0 saturated heterocycles. The van der Waals surface area contributed by atoms with Gasteiger partial charge in [-0.25, -0.2) is 0 Å². The van der Waals surface area contributed by atoms with Crippen molar-refractivity contribution < 1.29 is 9.90 Å². The molecule has 0 aliphatic heterocycles. The normalized spacial score (nSPS) is 16.7.